The van der Waals surface area contributed by atoms with E-state index in [-0.39, 0.29) is 11.6 Å². The van der Waals surface area contributed by atoms with E-state index < -0.39 is 0 Å². The average Bonchev–Trinajstić information content (AvgIpc) is 3.16. The summed E-state index contributed by atoms with van der Waals surface area (Å²) in [5.74, 6) is 1.58. The van der Waals surface area contributed by atoms with Gasteiger partial charge in [-0.1, -0.05) is 12.1 Å². The second-order valence-electron chi connectivity index (χ2n) is 7.65. The van der Waals surface area contributed by atoms with E-state index in [4.69, 9.17) is 14.5 Å². The molecule has 4 rings (SSSR count). The van der Waals surface area contributed by atoms with Crippen molar-refractivity contribution in [3.8, 4) is 0 Å². The predicted molar refractivity (Wildman–Crippen MR) is 105 cm³/mol. The number of methoxy groups -OCH3 is 1. The van der Waals surface area contributed by atoms with Crippen LogP contribution in [0, 0.1) is 5.92 Å². The molecule has 27 heavy (non-hydrogen) atoms. The minimum atomic E-state index is 0.0468. The molecular weight excluding hydrogens is 342 g/mol. The molecule has 1 aromatic carbocycles. The van der Waals surface area contributed by atoms with Gasteiger partial charge in [-0.3, -0.25) is 14.3 Å². The summed E-state index contributed by atoms with van der Waals surface area (Å²) in [6, 6.07) is 7.87. The number of likely N-dealkylation sites (tertiary alicyclic amines) is 1. The molecule has 1 atom stereocenters. The number of aromatic nitrogens is 2. The highest BCUT2D eigenvalue weighted by Crippen LogP contribution is 2.33. The second-order valence-corrected chi connectivity index (χ2v) is 7.65. The summed E-state index contributed by atoms with van der Waals surface area (Å²) in [5, 5.41) is 0.686. The summed E-state index contributed by atoms with van der Waals surface area (Å²) < 4.78 is 12.6. The lowest BCUT2D eigenvalue weighted by atomic mass is 9.99. The minimum Gasteiger partial charge on any atom is -0.383 e. The molecule has 3 heterocycles. The molecule has 146 valence electrons. The lowest BCUT2D eigenvalue weighted by Gasteiger charge is -2.31. The third kappa shape index (κ3) is 3.93. The van der Waals surface area contributed by atoms with Crippen molar-refractivity contribution >= 4 is 10.9 Å². The molecule has 0 saturated carbocycles. The molecule has 2 fully saturated rings. The van der Waals surface area contributed by atoms with E-state index in [0.29, 0.717) is 24.5 Å². The fourth-order valence-corrected chi connectivity index (χ4v) is 4.44. The normalized spacial score (nSPS) is 21.9. The average molecular weight is 371 g/mol. The minimum absolute atomic E-state index is 0.0468. The highest BCUT2D eigenvalue weighted by Gasteiger charge is 2.32. The van der Waals surface area contributed by atoms with Crippen LogP contribution in [0.3, 0.4) is 0 Å². The summed E-state index contributed by atoms with van der Waals surface area (Å²) in [5.41, 5.74) is 0.842. The number of benzene rings is 1. The zero-order chi connectivity index (χ0) is 18.6. The zero-order valence-electron chi connectivity index (χ0n) is 16.1. The van der Waals surface area contributed by atoms with Gasteiger partial charge in [-0.05, 0) is 50.3 Å². The molecule has 2 saturated heterocycles. The Labute approximate surface area is 160 Å². The van der Waals surface area contributed by atoms with Gasteiger partial charge in [0.2, 0.25) is 0 Å². The molecule has 0 aliphatic carbocycles. The summed E-state index contributed by atoms with van der Waals surface area (Å²) in [6.45, 7) is 4.95. The van der Waals surface area contributed by atoms with E-state index in [2.05, 4.69) is 4.90 Å². The molecule has 0 amide bonds. The van der Waals surface area contributed by atoms with Gasteiger partial charge < -0.3 is 9.47 Å². The lowest BCUT2D eigenvalue weighted by molar-refractivity contribution is 0.0497. The molecule has 1 aromatic heterocycles. The first-order valence-corrected chi connectivity index (χ1v) is 10.1. The van der Waals surface area contributed by atoms with Crippen molar-refractivity contribution in [2.45, 2.75) is 38.3 Å². The molecule has 6 heteroatoms. The maximum Gasteiger partial charge on any atom is 0.261 e. The zero-order valence-corrected chi connectivity index (χ0v) is 16.1. The Bertz CT molecular complexity index is 829. The Morgan fingerprint density at radius 3 is 2.85 bits per heavy atom. The van der Waals surface area contributed by atoms with E-state index >= 15 is 0 Å². The van der Waals surface area contributed by atoms with Gasteiger partial charge in [0, 0.05) is 26.9 Å². The molecular formula is C21H29N3O3. The molecule has 2 aromatic rings. The molecule has 2 aliphatic heterocycles. The Balaban J connectivity index is 1.68. The van der Waals surface area contributed by atoms with Gasteiger partial charge in [0.1, 0.15) is 5.82 Å². The quantitative estimate of drug-likeness (QED) is 0.781. The Morgan fingerprint density at radius 1 is 1.22 bits per heavy atom. The van der Waals surface area contributed by atoms with Gasteiger partial charge in [-0.2, -0.15) is 0 Å². The highest BCUT2D eigenvalue weighted by atomic mass is 16.5. The van der Waals surface area contributed by atoms with Crippen molar-refractivity contribution < 1.29 is 9.47 Å². The van der Waals surface area contributed by atoms with Crippen LogP contribution in [0.2, 0.25) is 0 Å². The van der Waals surface area contributed by atoms with Crippen LogP contribution in [-0.4, -0.2) is 54.5 Å². The maximum atomic E-state index is 13.1. The number of fused-ring (bicyclic) bond motifs is 1. The van der Waals surface area contributed by atoms with Crippen LogP contribution in [0.25, 0.3) is 10.9 Å². The number of hydrogen-bond acceptors (Lipinski definition) is 5. The highest BCUT2D eigenvalue weighted by molar-refractivity contribution is 5.77. The Morgan fingerprint density at radius 2 is 2.04 bits per heavy atom. The van der Waals surface area contributed by atoms with E-state index in [1.807, 2.05) is 28.8 Å². The first-order chi connectivity index (χ1) is 13.3. The monoisotopic (exact) mass is 371 g/mol. The number of rotatable bonds is 6. The molecule has 6 nitrogen and oxygen atoms in total. The van der Waals surface area contributed by atoms with E-state index in [1.165, 1.54) is 0 Å². The summed E-state index contributed by atoms with van der Waals surface area (Å²) >= 11 is 0. The first kappa shape index (κ1) is 18.6. The van der Waals surface area contributed by atoms with Crippen molar-refractivity contribution in [2.75, 3.05) is 40.0 Å². The van der Waals surface area contributed by atoms with Gasteiger partial charge in [-0.15, -0.1) is 0 Å². The number of hydrogen-bond donors (Lipinski definition) is 0. The summed E-state index contributed by atoms with van der Waals surface area (Å²) in [7, 11) is 1.67. The number of para-hydroxylation sites is 1. The van der Waals surface area contributed by atoms with E-state index in [0.717, 1.165) is 63.3 Å². The van der Waals surface area contributed by atoms with Crippen molar-refractivity contribution in [3.05, 3.63) is 40.4 Å². The van der Waals surface area contributed by atoms with E-state index in [9.17, 15) is 4.79 Å². The van der Waals surface area contributed by atoms with Gasteiger partial charge in [0.05, 0.1) is 30.1 Å². The fourth-order valence-electron chi connectivity index (χ4n) is 4.44. The molecule has 0 N–H and O–H groups in total. The molecule has 2 aliphatic rings. The topological polar surface area (TPSA) is 56.6 Å². The van der Waals surface area contributed by atoms with Crippen molar-refractivity contribution in [1.29, 1.82) is 0 Å². The van der Waals surface area contributed by atoms with Crippen LogP contribution in [0.4, 0.5) is 0 Å². The summed E-state index contributed by atoms with van der Waals surface area (Å²) in [4.78, 5) is 20.6. The first-order valence-electron chi connectivity index (χ1n) is 10.1. The fraction of sp³-hybridized carbons (Fsp3) is 0.619. The molecule has 0 spiro atoms. The largest absolute Gasteiger partial charge is 0.383 e. The number of ether oxygens (including phenoxy) is 2. The van der Waals surface area contributed by atoms with Crippen LogP contribution in [0.5, 0.6) is 0 Å². The molecule has 0 radical (unpaired) electrons. The predicted octanol–water partition coefficient (Wildman–Crippen LogP) is 2.61. The van der Waals surface area contributed by atoms with Crippen molar-refractivity contribution in [3.63, 3.8) is 0 Å². The second kappa shape index (κ2) is 8.50. The number of nitrogens with zero attached hydrogens (tertiary/aromatic N) is 3. The maximum absolute atomic E-state index is 13.1. The van der Waals surface area contributed by atoms with Crippen LogP contribution < -0.4 is 5.56 Å². The third-order valence-electron chi connectivity index (χ3n) is 5.91. The summed E-state index contributed by atoms with van der Waals surface area (Å²) in [6.07, 6.45) is 4.47. The Hall–Kier alpha value is -1.76. The van der Waals surface area contributed by atoms with Crippen LogP contribution >= 0.6 is 0 Å². The van der Waals surface area contributed by atoms with Gasteiger partial charge in [0.15, 0.2) is 0 Å². The Kier molecular flexibility index (Phi) is 5.86. The van der Waals surface area contributed by atoms with Crippen LogP contribution in [-0.2, 0) is 16.0 Å². The van der Waals surface area contributed by atoms with Gasteiger partial charge in [-0.25, -0.2) is 4.98 Å². The third-order valence-corrected chi connectivity index (χ3v) is 5.91. The van der Waals surface area contributed by atoms with Crippen LogP contribution in [0.15, 0.2) is 29.1 Å². The van der Waals surface area contributed by atoms with Gasteiger partial charge >= 0.3 is 0 Å². The molecule has 0 bridgehead atoms. The SMILES string of the molecule is COCCn1c(C2CCCN2CC2CCOCC2)nc2ccccc2c1=O. The van der Waals surface area contributed by atoms with Crippen molar-refractivity contribution in [2.24, 2.45) is 5.92 Å². The van der Waals surface area contributed by atoms with Crippen molar-refractivity contribution in [1.82, 2.24) is 14.5 Å². The smallest absolute Gasteiger partial charge is 0.261 e. The van der Waals surface area contributed by atoms with Gasteiger partial charge in [0.25, 0.3) is 5.56 Å². The molecule has 1 unspecified atom stereocenters. The van der Waals surface area contributed by atoms with E-state index in [1.54, 1.807) is 7.11 Å². The lowest BCUT2D eigenvalue weighted by Crippen LogP contribution is -2.36. The standard InChI is InChI=1S/C21H29N3O3/c1-26-14-11-24-20(22-18-6-3-2-5-17(18)21(24)25)19-7-4-10-23(19)15-16-8-12-27-13-9-16/h2-3,5-6,16,19H,4,7-15H2,1H3. The van der Waals surface area contributed by atoms with Crippen LogP contribution in [0.1, 0.15) is 37.5 Å².